The second-order valence-electron chi connectivity index (χ2n) is 11.8. The molecule has 220 valence electrons. The van der Waals surface area contributed by atoms with Crippen LogP contribution in [0.1, 0.15) is 0 Å². The molecule has 0 unspecified atom stereocenters. The normalized spacial score (nSPS) is 11.4. The van der Waals surface area contributed by atoms with Crippen LogP contribution in [-0.2, 0) is 0 Å². The van der Waals surface area contributed by atoms with Crippen LogP contribution in [0.25, 0.3) is 88.9 Å². The molecule has 9 rings (SSSR count). The zero-order valence-electron chi connectivity index (χ0n) is 25.5. The van der Waals surface area contributed by atoms with Crippen molar-refractivity contribution >= 4 is 32.7 Å². The number of rotatable bonds is 5. The van der Waals surface area contributed by atoms with Gasteiger partial charge in [0.15, 0.2) is 5.82 Å². The maximum atomic E-state index is 6.53. The molecular weight excluding hydrogens is 572 g/mol. The fourth-order valence-electron chi connectivity index (χ4n) is 6.56. The highest BCUT2D eigenvalue weighted by atomic mass is 16.3. The Hall–Kier alpha value is -6.32. The van der Waals surface area contributed by atoms with Gasteiger partial charge in [-0.15, -0.1) is 0 Å². The Labute approximate surface area is 272 Å². The van der Waals surface area contributed by atoms with E-state index < -0.39 is 0 Å². The van der Waals surface area contributed by atoms with Gasteiger partial charge in [0.25, 0.3) is 0 Å². The highest BCUT2D eigenvalue weighted by Crippen LogP contribution is 2.41. The molecule has 0 spiro atoms. The van der Waals surface area contributed by atoms with Crippen molar-refractivity contribution in [2.75, 3.05) is 0 Å². The minimum Gasteiger partial charge on any atom is -0.455 e. The standard InChI is InChI=1S/C44H28N2O/c1-4-13-29(14-5-1)32-23-24-42-38(26-32)39-27-37(35-21-10-11-22-36(35)43(39)47-42)33-19-12-20-34(25-33)41-28-40(30-15-6-2-7-16-30)45-44(46-41)31-17-8-3-9-18-31/h1-28H. The lowest BCUT2D eigenvalue weighted by molar-refractivity contribution is 0.673. The van der Waals surface area contributed by atoms with Crippen molar-refractivity contribution in [3.63, 3.8) is 0 Å². The third-order valence-corrected chi connectivity index (χ3v) is 8.88. The Balaban J connectivity index is 1.24. The summed E-state index contributed by atoms with van der Waals surface area (Å²) in [4.78, 5) is 10.1. The molecule has 0 N–H and O–H groups in total. The lowest BCUT2D eigenvalue weighted by Gasteiger charge is -2.12. The van der Waals surface area contributed by atoms with Crippen LogP contribution >= 0.6 is 0 Å². The summed E-state index contributed by atoms with van der Waals surface area (Å²) in [7, 11) is 0. The van der Waals surface area contributed by atoms with Gasteiger partial charge in [0, 0.05) is 32.8 Å². The molecule has 0 aliphatic heterocycles. The summed E-state index contributed by atoms with van der Waals surface area (Å²) in [6, 6.07) is 59.1. The van der Waals surface area contributed by atoms with E-state index in [1.54, 1.807) is 0 Å². The Morgan fingerprint density at radius 3 is 1.68 bits per heavy atom. The van der Waals surface area contributed by atoms with E-state index in [1.165, 1.54) is 11.1 Å². The molecule has 47 heavy (non-hydrogen) atoms. The third kappa shape index (κ3) is 4.86. The molecule has 0 bridgehead atoms. The molecule has 0 radical (unpaired) electrons. The van der Waals surface area contributed by atoms with Crippen LogP contribution in [0.2, 0.25) is 0 Å². The number of nitrogens with zero attached hydrogens (tertiary/aromatic N) is 2. The van der Waals surface area contributed by atoms with E-state index in [1.807, 2.05) is 42.5 Å². The van der Waals surface area contributed by atoms with E-state index in [9.17, 15) is 0 Å². The van der Waals surface area contributed by atoms with Crippen molar-refractivity contribution in [3.8, 4) is 56.2 Å². The highest BCUT2D eigenvalue weighted by molar-refractivity contribution is 6.19. The van der Waals surface area contributed by atoms with Crippen LogP contribution in [0, 0.1) is 0 Å². The average Bonchev–Trinajstić information content (AvgIpc) is 3.53. The van der Waals surface area contributed by atoms with E-state index in [2.05, 4.69) is 127 Å². The second-order valence-corrected chi connectivity index (χ2v) is 11.8. The SMILES string of the molecule is c1ccc(-c2ccc3oc4c5ccccc5c(-c5cccc(-c6cc(-c7ccccc7)nc(-c7ccccc7)n6)c5)cc4c3c2)cc1. The summed E-state index contributed by atoms with van der Waals surface area (Å²) in [6.45, 7) is 0. The quantitative estimate of drug-likeness (QED) is 0.197. The summed E-state index contributed by atoms with van der Waals surface area (Å²) in [5.41, 5.74) is 11.3. The molecule has 2 heterocycles. The largest absolute Gasteiger partial charge is 0.455 e. The van der Waals surface area contributed by atoms with Gasteiger partial charge in [0.05, 0.1) is 11.4 Å². The van der Waals surface area contributed by atoms with Crippen LogP contribution in [-0.4, -0.2) is 9.97 Å². The van der Waals surface area contributed by atoms with Gasteiger partial charge in [-0.25, -0.2) is 9.97 Å². The van der Waals surface area contributed by atoms with Crippen LogP contribution in [0.3, 0.4) is 0 Å². The fourth-order valence-corrected chi connectivity index (χ4v) is 6.56. The van der Waals surface area contributed by atoms with Crippen molar-refractivity contribution in [3.05, 3.63) is 170 Å². The molecule has 9 aromatic rings. The summed E-state index contributed by atoms with van der Waals surface area (Å²) in [5, 5.41) is 4.47. The molecule has 0 fully saturated rings. The molecule has 0 aliphatic carbocycles. The summed E-state index contributed by atoms with van der Waals surface area (Å²) >= 11 is 0. The number of aromatic nitrogens is 2. The predicted octanol–water partition coefficient (Wildman–Crippen LogP) is 11.9. The molecular formula is C44H28N2O. The van der Waals surface area contributed by atoms with Crippen molar-refractivity contribution in [2.45, 2.75) is 0 Å². The number of hydrogen-bond donors (Lipinski definition) is 0. The van der Waals surface area contributed by atoms with Gasteiger partial charge in [0.1, 0.15) is 11.2 Å². The summed E-state index contributed by atoms with van der Waals surface area (Å²) in [5.74, 6) is 0.707. The average molecular weight is 601 g/mol. The maximum absolute atomic E-state index is 6.53. The number of fused-ring (bicyclic) bond motifs is 5. The first-order valence-corrected chi connectivity index (χ1v) is 15.8. The number of hydrogen-bond acceptors (Lipinski definition) is 3. The molecule has 0 aliphatic rings. The lowest BCUT2D eigenvalue weighted by atomic mass is 9.93. The summed E-state index contributed by atoms with van der Waals surface area (Å²) in [6.07, 6.45) is 0. The van der Waals surface area contributed by atoms with Crippen LogP contribution in [0.5, 0.6) is 0 Å². The van der Waals surface area contributed by atoms with E-state index in [4.69, 9.17) is 14.4 Å². The van der Waals surface area contributed by atoms with Gasteiger partial charge < -0.3 is 4.42 Å². The fraction of sp³-hybridized carbons (Fsp3) is 0. The Morgan fingerprint density at radius 1 is 0.340 bits per heavy atom. The van der Waals surface area contributed by atoms with Gasteiger partial charge in [0.2, 0.25) is 0 Å². The van der Waals surface area contributed by atoms with E-state index in [0.29, 0.717) is 5.82 Å². The van der Waals surface area contributed by atoms with E-state index in [0.717, 1.165) is 71.9 Å². The molecule has 2 aromatic heterocycles. The predicted molar refractivity (Wildman–Crippen MR) is 194 cm³/mol. The van der Waals surface area contributed by atoms with Crippen molar-refractivity contribution in [1.82, 2.24) is 9.97 Å². The van der Waals surface area contributed by atoms with Crippen molar-refractivity contribution < 1.29 is 4.42 Å². The minimum atomic E-state index is 0.707. The third-order valence-electron chi connectivity index (χ3n) is 8.88. The topological polar surface area (TPSA) is 38.9 Å². The monoisotopic (exact) mass is 600 g/mol. The van der Waals surface area contributed by atoms with Crippen LogP contribution < -0.4 is 0 Å². The molecule has 0 saturated carbocycles. The van der Waals surface area contributed by atoms with Gasteiger partial charge >= 0.3 is 0 Å². The van der Waals surface area contributed by atoms with E-state index in [-0.39, 0.29) is 0 Å². The molecule has 7 aromatic carbocycles. The molecule has 0 saturated heterocycles. The van der Waals surface area contributed by atoms with Crippen LogP contribution in [0.15, 0.2) is 174 Å². The van der Waals surface area contributed by atoms with Gasteiger partial charge in [-0.1, -0.05) is 140 Å². The van der Waals surface area contributed by atoms with Crippen molar-refractivity contribution in [2.24, 2.45) is 0 Å². The van der Waals surface area contributed by atoms with Crippen molar-refractivity contribution in [1.29, 1.82) is 0 Å². The molecule has 0 amide bonds. The molecule has 0 atom stereocenters. The Morgan fingerprint density at radius 2 is 0.936 bits per heavy atom. The van der Waals surface area contributed by atoms with E-state index >= 15 is 0 Å². The first-order valence-electron chi connectivity index (χ1n) is 15.8. The van der Waals surface area contributed by atoms with Crippen LogP contribution in [0.4, 0.5) is 0 Å². The summed E-state index contributed by atoms with van der Waals surface area (Å²) < 4.78 is 6.53. The van der Waals surface area contributed by atoms with Gasteiger partial charge in [-0.05, 0) is 58.0 Å². The minimum absolute atomic E-state index is 0.707. The van der Waals surface area contributed by atoms with Gasteiger partial charge in [-0.2, -0.15) is 0 Å². The zero-order valence-corrected chi connectivity index (χ0v) is 25.5. The lowest BCUT2D eigenvalue weighted by Crippen LogP contribution is -1.96. The highest BCUT2D eigenvalue weighted by Gasteiger charge is 2.17. The Kier molecular flexibility index (Phi) is 6.46. The number of furan rings is 1. The Bertz CT molecular complexity index is 2500. The zero-order chi connectivity index (χ0) is 31.2. The smallest absolute Gasteiger partial charge is 0.160 e. The van der Waals surface area contributed by atoms with Gasteiger partial charge in [-0.3, -0.25) is 0 Å². The first kappa shape index (κ1) is 27.0. The molecule has 3 nitrogen and oxygen atoms in total. The second kappa shape index (κ2) is 11.2. The molecule has 3 heteroatoms. The maximum Gasteiger partial charge on any atom is 0.160 e. The number of benzene rings is 7. The first-order chi connectivity index (χ1) is 23.3.